The summed E-state index contributed by atoms with van der Waals surface area (Å²) in [5.41, 5.74) is 2.75. The number of likely N-dealkylation sites (tertiary alicyclic amines) is 1. The second-order valence-corrected chi connectivity index (χ2v) is 10.2. The molecular weight excluding hydrogens is 444 g/mol. The summed E-state index contributed by atoms with van der Waals surface area (Å²) in [6.45, 7) is 10.2. The average molecular weight is 479 g/mol. The van der Waals surface area contributed by atoms with Crippen molar-refractivity contribution in [3.8, 4) is 5.75 Å². The van der Waals surface area contributed by atoms with Gasteiger partial charge in [0.15, 0.2) is 0 Å². The SMILES string of the molecule is CC(=O)Oc1cccc(C2/C(=C(\O)c3cc(C(C)(C)C)ccc3C)C(=O)C(=O)N2CCN(C)C)c1. The van der Waals surface area contributed by atoms with Gasteiger partial charge < -0.3 is 19.6 Å². The molecule has 3 rings (SSSR count). The van der Waals surface area contributed by atoms with Crippen molar-refractivity contribution in [2.45, 2.75) is 46.1 Å². The fraction of sp³-hybridized carbons (Fsp3) is 0.393. The van der Waals surface area contributed by atoms with Crippen molar-refractivity contribution in [1.29, 1.82) is 0 Å². The smallest absolute Gasteiger partial charge is 0.308 e. The van der Waals surface area contributed by atoms with Crippen LogP contribution in [-0.4, -0.2) is 59.8 Å². The van der Waals surface area contributed by atoms with Crippen LogP contribution in [0.5, 0.6) is 5.75 Å². The van der Waals surface area contributed by atoms with Crippen LogP contribution in [0.15, 0.2) is 48.0 Å². The van der Waals surface area contributed by atoms with E-state index in [1.807, 2.05) is 44.1 Å². The van der Waals surface area contributed by atoms with E-state index in [4.69, 9.17) is 4.74 Å². The molecule has 0 bridgehead atoms. The molecule has 0 aliphatic carbocycles. The summed E-state index contributed by atoms with van der Waals surface area (Å²) in [6, 6.07) is 11.7. The van der Waals surface area contributed by atoms with Gasteiger partial charge >= 0.3 is 5.97 Å². The number of nitrogens with zero attached hydrogens (tertiary/aromatic N) is 2. The first-order chi connectivity index (χ1) is 16.3. The van der Waals surface area contributed by atoms with Gasteiger partial charge in [0.05, 0.1) is 11.6 Å². The van der Waals surface area contributed by atoms with Gasteiger partial charge in [0.25, 0.3) is 11.7 Å². The highest BCUT2D eigenvalue weighted by atomic mass is 16.5. The number of ether oxygens (including phenoxy) is 1. The number of carbonyl (C=O) groups excluding carboxylic acids is 3. The largest absolute Gasteiger partial charge is 0.507 e. The van der Waals surface area contributed by atoms with Crippen LogP contribution in [0.2, 0.25) is 0 Å². The van der Waals surface area contributed by atoms with Gasteiger partial charge in [0, 0.05) is 25.6 Å². The monoisotopic (exact) mass is 478 g/mol. The Morgan fingerprint density at radius 3 is 2.40 bits per heavy atom. The molecule has 1 fully saturated rings. The number of esters is 1. The Morgan fingerprint density at radius 2 is 1.80 bits per heavy atom. The molecule has 35 heavy (non-hydrogen) atoms. The molecule has 0 radical (unpaired) electrons. The minimum Gasteiger partial charge on any atom is -0.507 e. The highest BCUT2D eigenvalue weighted by Crippen LogP contribution is 2.41. The molecule has 186 valence electrons. The normalized spacial score (nSPS) is 17.8. The first-order valence-electron chi connectivity index (χ1n) is 11.6. The highest BCUT2D eigenvalue weighted by molar-refractivity contribution is 6.46. The van der Waals surface area contributed by atoms with Gasteiger partial charge in [-0.15, -0.1) is 0 Å². The summed E-state index contributed by atoms with van der Waals surface area (Å²) in [6.07, 6.45) is 0. The molecule has 1 heterocycles. The van der Waals surface area contributed by atoms with Crippen LogP contribution < -0.4 is 4.74 Å². The average Bonchev–Trinajstić information content (AvgIpc) is 3.01. The maximum Gasteiger partial charge on any atom is 0.308 e. The van der Waals surface area contributed by atoms with Crippen molar-refractivity contribution >= 4 is 23.4 Å². The lowest BCUT2D eigenvalue weighted by molar-refractivity contribution is -0.140. The molecule has 1 amide bonds. The van der Waals surface area contributed by atoms with E-state index in [0.29, 0.717) is 23.4 Å². The standard InChI is InChI=1S/C28H34N2O5/c1-17-11-12-20(28(3,4)5)16-22(17)25(32)23-24(19-9-8-10-21(15-19)35-18(2)31)30(14-13-29(6)7)27(34)26(23)33/h8-12,15-16,24,32H,13-14H2,1-7H3/b25-23+. The van der Waals surface area contributed by atoms with E-state index < -0.39 is 23.7 Å². The number of likely N-dealkylation sites (N-methyl/N-ethyl adjacent to an activating group) is 1. The van der Waals surface area contributed by atoms with Crippen LogP contribution in [0.25, 0.3) is 5.76 Å². The van der Waals surface area contributed by atoms with Gasteiger partial charge in [0.2, 0.25) is 0 Å². The summed E-state index contributed by atoms with van der Waals surface area (Å²) >= 11 is 0. The minimum atomic E-state index is -0.817. The third-order valence-electron chi connectivity index (χ3n) is 6.12. The van der Waals surface area contributed by atoms with Crippen LogP contribution in [0, 0.1) is 6.92 Å². The lowest BCUT2D eigenvalue weighted by Crippen LogP contribution is -2.35. The molecule has 1 unspecified atom stereocenters. The fourth-order valence-electron chi connectivity index (χ4n) is 4.17. The molecule has 1 atom stereocenters. The van der Waals surface area contributed by atoms with Gasteiger partial charge in [-0.1, -0.05) is 45.0 Å². The lowest BCUT2D eigenvalue weighted by Gasteiger charge is -2.27. The molecule has 1 saturated heterocycles. The molecular formula is C28H34N2O5. The Balaban J connectivity index is 2.23. The van der Waals surface area contributed by atoms with Crippen molar-refractivity contribution < 1.29 is 24.2 Å². The van der Waals surface area contributed by atoms with Gasteiger partial charge in [0.1, 0.15) is 11.5 Å². The number of aliphatic hydroxyl groups is 1. The minimum absolute atomic E-state index is 0.0305. The van der Waals surface area contributed by atoms with Crippen molar-refractivity contribution in [3.63, 3.8) is 0 Å². The summed E-state index contributed by atoms with van der Waals surface area (Å²) in [5.74, 6) is -1.77. The Hall–Kier alpha value is -3.45. The van der Waals surface area contributed by atoms with Crippen LogP contribution in [0.4, 0.5) is 0 Å². The molecule has 0 saturated carbocycles. The number of hydrogen-bond donors (Lipinski definition) is 1. The zero-order valence-corrected chi connectivity index (χ0v) is 21.5. The van der Waals surface area contributed by atoms with E-state index in [1.165, 1.54) is 11.8 Å². The Bertz CT molecular complexity index is 1190. The quantitative estimate of drug-likeness (QED) is 0.220. The topological polar surface area (TPSA) is 87.1 Å². The number of carbonyl (C=O) groups is 3. The molecule has 1 N–H and O–H groups in total. The van der Waals surface area contributed by atoms with Gasteiger partial charge in [-0.2, -0.15) is 0 Å². The summed E-state index contributed by atoms with van der Waals surface area (Å²) in [5, 5.41) is 11.5. The van der Waals surface area contributed by atoms with Crippen molar-refractivity contribution in [3.05, 3.63) is 70.3 Å². The highest BCUT2D eigenvalue weighted by Gasteiger charge is 2.46. The number of hydrogen-bond acceptors (Lipinski definition) is 6. The van der Waals surface area contributed by atoms with Crippen LogP contribution in [0.1, 0.15) is 56.0 Å². The second-order valence-electron chi connectivity index (χ2n) is 10.2. The second kappa shape index (κ2) is 10.0. The Morgan fingerprint density at radius 1 is 1.11 bits per heavy atom. The molecule has 7 nitrogen and oxygen atoms in total. The number of ketones is 1. The Labute approximate surface area is 207 Å². The Kier molecular flexibility index (Phi) is 7.50. The molecule has 7 heteroatoms. The van der Waals surface area contributed by atoms with Crippen LogP contribution >= 0.6 is 0 Å². The number of aliphatic hydroxyl groups excluding tert-OH is 1. The van der Waals surface area contributed by atoms with Crippen molar-refractivity contribution in [2.75, 3.05) is 27.2 Å². The molecule has 2 aromatic carbocycles. The summed E-state index contributed by atoms with van der Waals surface area (Å²) in [7, 11) is 3.77. The van der Waals surface area contributed by atoms with Gasteiger partial charge in [-0.25, -0.2) is 0 Å². The first kappa shape index (κ1) is 26.2. The zero-order valence-electron chi connectivity index (χ0n) is 21.5. The molecule has 1 aliphatic heterocycles. The third-order valence-corrected chi connectivity index (χ3v) is 6.12. The summed E-state index contributed by atoms with van der Waals surface area (Å²) < 4.78 is 5.24. The number of amides is 1. The molecule has 0 spiro atoms. The third kappa shape index (κ3) is 5.62. The molecule has 1 aliphatic rings. The maximum atomic E-state index is 13.3. The number of rotatable bonds is 6. The van der Waals surface area contributed by atoms with Gasteiger partial charge in [-0.3, -0.25) is 14.4 Å². The number of benzene rings is 2. The van der Waals surface area contributed by atoms with E-state index in [-0.39, 0.29) is 23.3 Å². The van der Waals surface area contributed by atoms with Gasteiger partial charge in [-0.05, 0) is 61.3 Å². The number of aryl methyl sites for hydroxylation is 1. The summed E-state index contributed by atoms with van der Waals surface area (Å²) in [4.78, 5) is 41.4. The lowest BCUT2D eigenvalue weighted by atomic mass is 9.84. The van der Waals surface area contributed by atoms with Crippen LogP contribution in [-0.2, 0) is 19.8 Å². The van der Waals surface area contributed by atoms with E-state index >= 15 is 0 Å². The van der Waals surface area contributed by atoms with Crippen LogP contribution in [0.3, 0.4) is 0 Å². The van der Waals surface area contributed by atoms with E-state index in [1.54, 1.807) is 24.3 Å². The predicted octanol–water partition coefficient (Wildman–Crippen LogP) is 4.20. The molecule has 2 aromatic rings. The van der Waals surface area contributed by atoms with E-state index in [9.17, 15) is 19.5 Å². The maximum absolute atomic E-state index is 13.3. The van der Waals surface area contributed by atoms with E-state index in [0.717, 1.165) is 11.1 Å². The predicted molar refractivity (Wildman–Crippen MR) is 135 cm³/mol. The fourth-order valence-corrected chi connectivity index (χ4v) is 4.17. The number of Topliss-reactive ketones (excluding diaryl/α,β-unsaturated/α-hetero) is 1. The van der Waals surface area contributed by atoms with Crippen molar-refractivity contribution in [2.24, 2.45) is 0 Å². The zero-order chi connectivity index (χ0) is 26.1. The molecule has 0 aromatic heterocycles. The van der Waals surface area contributed by atoms with Crippen molar-refractivity contribution in [1.82, 2.24) is 9.80 Å². The van der Waals surface area contributed by atoms with E-state index in [2.05, 4.69) is 20.8 Å². The first-order valence-corrected chi connectivity index (χ1v) is 11.6.